The van der Waals surface area contributed by atoms with Crippen molar-refractivity contribution < 1.29 is 14.6 Å². The first-order valence-electron chi connectivity index (χ1n) is 7.22. The second-order valence-electron chi connectivity index (χ2n) is 4.83. The summed E-state index contributed by atoms with van der Waals surface area (Å²) in [5, 5.41) is 9.32. The van der Waals surface area contributed by atoms with Crippen LogP contribution in [-0.4, -0.2) is 29.9 Å². The zero-order valence-electron chi connectivity index (χ0n) is 12.5. The van der Waals surface area contributed by atoms with Crippen molar-refractivity contribution in [3.63, 3.8) is 0 Å². The Labute approximate surface area is 130 Å². The van der Waals surface area contributed by atoms with Crippen LogP contribution < -0.4 is 0 Å². The molecule has 0 aliphatic heterocycles. The van der Waals surface area contributed by atoms with Crippen LogP contribution >= 0.6 is 0 Å². The van der Waals surface area contributed by atoms with Gasteiger partial charge in [-0.15, -0.1) is 0 Å². The van der Waals surface area contributed by atoms with Gasteiger partial charge in [0.05, 0.1) is 6.61 Å². The highest BCUT2D eigenvalue weighted by atomic mass is 16.5. The van der Waals surface area contributed by atoms with E-state index in [1.807, 2.05) is 30.3 Å². The van der Waals surface area contributed by atoms with Gasteiger partial charge in [-0.2, -0.15) is 0 Å². The van der Waals surface area contributed by atoms with Gasteiger partial charge in [0, 0.05) is 12.6 Å². The number of aromatic hydroxyl groups is 1. The maximum absolute atomic E-state index is 12.1. The molecule has 114 valence electrons. The van der Waals surface area contributed by atoms with Crippen LogP contribution in [0.1, 0.15) is 18.1 Å². The zero-order chi connectivity index (χ0) is 15.8. The van der Waals surface area contributed by atoms with Crippen molar-refractivity contribution >= 4 is 12.2 Å². The van der Waals surface area contributed by atoms with Gasteiger partial charge in [-0.25, -0.2) is 4.79 Å². The first kappa shape index (κ1) is 15.8. The Hall–Kier alpha value is -2.62. The quantitative estimate of drug-likeness (QED) is 0.658. The van der Waals surface area contributed by atoms with Crippen LogP contribution in [0.15, 0.2) is 59.6 Å². The van der Waals surface area contributed by atoms with Gasteiger partial charge >= 0.3 is 5.97 Å². The molecule has 2 aromatic rings. The molecule has 0 bridgehead atoms. The molecule has 0 aliphatic carbocycles. The van der Waals surface area contributed by atoms with Crippen molar-refractivity contribution in [1.82, 2.24) is 0 Å². The number of ether oxygens (including phenoxy) is 1. The van der Waals surface area contributed by atoms with Gasteiger partial charge in [0.25, 0.3) is 0 Å². The molecule has 0 aromatic heterocycles. The molecule has 2 aromatic carbocycles. The number of esters is 1. The summed E-state index contributed by atoms with van der Waals surface area (Å²) in [5.74, 6) is -0.146. The van der Waals surface area contributed by atoms with E-state index < -0.39 is 6.04 Å². The molecule has 1 atom stereocenters. The Bertz CT molecular complexity index is 621. The summed E-state index contributed by atoms with van der Waals surface area (Å²) >= 11 is 0. The van der Waals surface area contributed by atoms with Crippen LogP contribution in [0.4, 0.5) is 0 Å². The molecule has 0 saturated heterocycles. The summed E-state index contributed by atoms with van der Waals surface area (Å²) in [5.41, 5.74) is 1.85. The van der Waals surface area contributed by atoms with E-state index in [1.165, 1.54) is 0 Å². The Morgan fingerprint density at radius 1 is 1.18 bits per heavy atom. The lowest BCUT2D eigenvalue weighted by Gasteiger charge is -2.11. The maximum atomic E-state index is 12.1. The first-order valence-corrected chi connectivity index (χ1v) is 7.22. The third kappa shape index (κ3) is 4.74. The van der Waals surface area contributed by atoms with E-state index in [0.717, 1.165) is 11.1 Å². The highest BCUT2D eigenvalue weighted by Crippen LogP contribution is 2.13. The molecule has 0 saturated carbocycles. The van der Waals surface area contributed by atoms with E-state index in [9.17, 15) is 9.90 Å². The van der Waals surface area contributed by atoms with Crippen molar-refractivity contribution in [2.24, 2.45) is 4.99 Å². The first-order chi connectivity index (χ1) is 10.7. The van der Waals surface area contributed by atoms with Gasteiger partial charge in [-0.1, -0.05) is 42.5 Å². The van der Waals surface area contributed by atoms with E-state index in [0.29, 0.717) is 13.0 Å². The van der Waals surface area contributed by atoms with Crippen LogP contribution in [0.3, 0.4) is 0 Å². The normalized spacial score (nSPS) is 12.2. The topological polar surface area (TPSA) is 58.9 Å². The Morgan fingerprint density at radius 3 is 2.50 bits per heavy atom. The minimum absolute atomic E-state index is 0.198. The van der Waals surface area contributed by atoms with Crippen molar-refractivity contribution in [3.05, 3.63) is 65.7 Å². The molecule has 1 N–H and O–H groups in total. The molecule has 2 rings (SSSR count). The average molecular weight is 297 g/mol. The van der Waals surface area contributed by atoms with E-state index in [-0.39, 0.29) is 11.7 Å². The molecule has 0 spiro atoms. The number of aliphatic imine (C=N–C) groups is 1. The van der Waals surface area contributed by atoms with Crippen LogP contribution in [0, 0.1) is 0 Å². The van der Waals surface area contributed by atoms with Crippen LogP contribution in [-0.2, 0) is 16.0 Å². The molecule has 0 fully saturated rings. The Balaban J connectivity index is 2.13. The number of hydrogen-bond donors (Lipinski definition) is 1. The number of phenols is 1. The molecular formula is C18H19NO3. The Kier molecular flexibility index (Phi) is 5.72. The molecule has 0 amide bonds. The molecule has 0 aliphatic rings. The number of phenolic OH excluding ortho intramolecular Hbond substituents is 1. The third-order valence-electron chi connectivity index (χ3n) is 3.13. The van der Waals surface area contributed by atoms with Crippen molar-refractivity contribution in [2.75, 3.05) is 6.61 Å². The van der Waals surface area contributed by atoms with Crippen molar-refractivity contribution in [2.45, 2.75) is 19.4 Å². The fourth-order valence-electron chi connectivity index (χ4n) is 2.01. The van der Waals surface area contributed by atoms with E-state index in [4.69, 9.17) is 4.74 Å². The second kappa shape index (κ2) is 7.98. The maximum Gasteiger partial charge on any atom is 0.331 e. The van der Waals surface area contributed by atoms with Crippen LogP contribution in [0.25, 0.3) is 0 Å². The van der Waals surface area contributed by atoms with Gasteiger partial charge in [0.15, 0.2) is 6.04 Å². The number of benzene rings is 2. The monoisotopic (exact) mass is 297 g/mol. The van der Waals surface area contributed by atoms with Crippen LogP contribution in [0.2, 0.25) is 0 Å². The van der Waals surface area contributed by atoms with Crippen molar-refractivity contribution in [1.29, 1.82) is 0 Å². The summed E-state index contributed by atoms with van der Waals surface area (Å²) in [7, 11) is 0. The Morgan fingerprint density at radius 2 is 1.86 bits per heavy atom. The van der Waals surface area contributed by atoms with E-state index in [2.05, 4.69) is 4.99 Å². The largest absolute Gasteiger partial charge is 0.508 e. The molecule has 4 heteroatoms. The number of carbonyl (C=O) groups excluding carboxylic acids is 1. The standard InChI is InChI=1S/C18H19NO3/c1-2-22-18(21)17(12-14-8-10-16(20)11-9-14)19-13-15-6-4-3-5-7-15/h3-11,13,17,20H,2,12H2,1H3. The molecule has 22 heavy (non-hydrogen) atoms. The predicted octanol–water partition coefficient (Wildman–Crippen LogP) is 2.99. The SMILES string of the molecule is CCOC(=O)C(Cc1ccc(O)cc1)N=Cc1ccccc1. The third-order valence-corrected chi connectivity index (χ3v) is 3.13. The minimum atomic E-state index is -0.593. The predicted molar refractivity (Wildman–Crippen MR) is 86.3 cm³/mol. The molecular weight excluding hydrogens is 278 g/mol. The summed E-state index contributed by atoms with van der Waals surface area (Å²) < 4.78 is 5.09. The molecule has 0 heterocycles. The van der Waals surface area contributed by atoms with Gasteiger partial charge in [-0.3, -0.25) is 4.99 Å². The highest BCUT2D eigenvalue weighted by Gasteiger charge is 2.18. The average Bonchev–Trinajstić information content (AvgIpc) is 2.54. The lowest BCUT2D eigenvalue weighted by Crippen LogP contribution is -2.24. The van der Waals surface area contributed by atoms with E-state index >= 15 is 0 Å². The minimum Gasteiger partial charge on any atom is -0.508 e. The summed E-state index contributed by atoms with van der Waals surface area (Å²) in [6, 6.07) is 15.8. The number of carbonyl (C=O) groups is 1. The summed E-state index contributed by atoms with van der Waals surface area (Å²) in [6.07, 6.45) is 2.12. The number of rotatable bonds is 6. The smallest absolute Gasteiger partial charge is 0.331 e. The van der Waals surface area contributed by atoms with Gasteiger partial charge in [-0.05, 0) is 30.2 Å². The van der Waals surface area contributed by atoms with Gasteiger partial charge < -0.3 is 9.84 Å². The van der Waals surface area contributed by atoms with Crippen molar-refractivity contribution in [3.8, 4) is 5.75 Å². The molecule has 1 unspecified atom stereocenters. The summed E-state index contributed by atoms with van der Waals surface area (Å²) in [4.78, 5) is 16.4. The van der Waals surface area contributed by atoms with Gasteiger partial charge in [0.2, 0.25) is 0 Å². The molecule has 0 radical (unpaired) electrons. The van der Waals surface area contributed by atoms with Gasteiger partial charge in [0.1, 0.15) is 5.75 Å². The van der Waals surface area contributed by atoms with E-state index in [1.54, 1.807) is 37.4 Å². The fourth-order valence-corrected chi connectivity index (χ4v) is 2.01. The number of hydrogen-bond acceptors (Lipinski definition) is 4. The second-order valence-corrected chi connectivity index (χ2v) is 4.83. The summed E-state index contributed by atoms with van der Waals surface area (Å²) in [6.45, 7) is 2.10. The van der Waals surface area contributed by atoms with Crippen LogP contribution in [0.5, 0.6) is 5.75 Å². The molecule has 4 nitrogen and oxygen atoms in total. The highest BCUT2D eigenvalue weighted by molar-refractivity contribution is 5.84. The fraction of sp³-hybridized carbons (Fsp3) is 0.222. The zero-order valence-corrected chi connectivity index (χ0v) is 12.5. The lowest BCUT2D eigenvalue weighted by atomic mass is 10.1. The lowest BCUT2D eigenvalue weighted by molar-refractivity contribution is -0.144. The number of nitrogens with zero attached hydrogens (tertiary/aromatic N) is 1.